The molecular formula is C12H16N4O. The molecule has 1 aliphatic rings. The Labute approximate surface area is 99.8 Å². The first-order chi connectivity index (χ1) is 8.33. The van der Waals surface area contributed by atoms with Crippen LogP contribution in [0.15, 0.2) is 24.5 Å². The number of anilines is 1. The number of nitrogens with two attached hydrogens (primary N) is 1. The summed E-state index contributed by atoms with van der Waals surface area (Å²) in [5.74, 6) is 0. The second-order valence-corrected chi connectivity index (χ2v) is 4.32. The summed E-state index contributed by atoms with van der Waals surface area (Å²) in [5.41, 5.74) is 8.51. The lowest BCUT2D eigenvalue weighted by Gasteiger charge is -2.25. The van der Waals surface area contributed by atoms with Crippen LogP contribution in [0, 0.1) is 0 Å². The number of rotatable bonds is 2. The number of aromatic nitrogens is 2. The SMILES string of the molecule is Nc1cccn2cc(CN3CCOCC3)nc12. The zero-order valence-electron chi connectivity index (χ0n) is 9.67. The van der Waals surface area contributed by atoms with E-state index in [1.165, 1.54) is 0 Å². The molecule has 2 aromatic heterocycles. The zero-order chi connectivity index (χ0) is 11.7. The smallest absolute Gasteiger partial charge is 0.160 e. The molecule has 90 valence electrons. The highest BCUT2D eigenvalue weighted by molar-refractivity contribution is 5.64. The largest absolute Gasteiger partial charge is 0.396 e. The van der Waals surface area contributed by atoms with E-state index in [9.17, 15) is 0 Å². The molecule has 1 fully saturated rings. The summed E-state index contributed by atoms with van der Waals surface area (Å²) >= 11 is 0. The molecule has 5 nitrogen and oxygen atoms in total. The predicted octanol–water partition coefficient (Wildman–Crippen LogP) is 0.749. The molecule has 0 amide bonds. The molecule has 0 aliphatic carbocycles. The minimum absolute atomic E-state index is 0.723. The van der Waals surface area contributed by atoms with Crippen molar-refractivity contribution < 1.29 is 4.74 Å². The van der Waals surface area contributed by atoms with Crippen LogP contribution in [0.4, 0.5) is 5.69 Å². The van der Waals surface area contributed by atoms with Crippen LogP contribution in [0.5, 0.6) is 0 Å². The van der Waals surface area contributed by atoms with Crippen LogP contribution in [-0.2, 0) is 11.3 Å². The van der Waals surface area contributed by atoms with Crippen molar-refractivity contribution in [2.75, 3.05) is 32.0 Å². The topological polar surface area (TPSA) is 55.8 Å². The highest BCUT2D eigenvalue weighted by atomic mass is 16.5. The Morgan fingerprint density at radius 1 is 1.35 bits per heavy atom. The van der Waals surface area contributed by atoms with Gasteiger partial charge in [0.05, 0.1) is 24.6 Å². The third-order valence-corrected chi connectivity index (χ3v) is 3.05. The van der Waals surface area contributed by atoms with E-state index in [0.29, 0.717) is 0 Å². The van der Waals surface area contributed by atoms with Gasteiger partial charge < -0.3 is 14.9 Å². The number of nitrogen functional groups attached to an aromatic ring is 1. The van der Waals surface area contributed by atoms with Crippen molar-refractivity contribution in [1.29, 1.82) is 0 Å². The quantitative estimate of drug-likeness (QED) is 0.830. The number of imidazole rings is 1. The lowest BCUT2D eigenvalue weighted by molar-refractivity contribution is 0.0337. The molecule has 0 atom stereocenters. The number of hydrogen-bond donors (Lipinski definition) is 1. The third-order valence-electron chi connectivity index (χ3n) is 3.05. The Hall–Kier alpha value is -1.59. The van der Waals surface area contributed by atoms with Gasteiger partial charge in [0.25, 0.3) is 0 Å². The fourth-order valence-corrected chi connectivity index (χ4v) is 2.15. The molecule has 0 saturated carbocycles. The van der Waals surface area contributed by atoms with Crippen LogP contribution >= 0.6 is 0 Å². The van der Waals surface area contributed by atoms with Crippen LogP contribution in [-0.4, -0.2) is 40.6 Å². The molecule has 0 bridgehead atoms. The van der Waals surface area contributed by atoms with Crippen LogP contribution in [0.2, 0.25) is 0 Å². The molecule has 0 radical (unpaired) electrons. The Morgan fingerprint density at radius 3 is 2.94 bits per heavy atom. The average Bonchev–Trinajstić information content (AvgIpc) is 2.74. The van der Waals surface area contributed by atoms with Crippen LogP contribution in [0.3, 0.4) is 0 Å². The maximum absolute atomic E-state index is 5.89. The van der Waals surface area contributed by atoms with E-state index in [1.807, 2.05) is 28.9 Å². The van der Waals surface area contributed by atoms with Gasteiger partial charge in [0.15, 0.2) is 5.65 Å². The highest BCUT2D eigenvalue weighted by Crippen LogP contribution is 2.14. The molecular weight excluding hydrogens is 216 g/mol. The van der Waals surface area contributed by atoms with Gasteiger partial charge in [-0.2, -0.15) is 0 Å². The highest BCUT2D eigenvalue weighted by Gasteiger charge is 2.12. The molecule has 5 heteroatoms. The summed E-state index contributed by atoms with van der Waals surface area (Å²) in [5, 5.41) is 0. The average molecular weight is 232 g/mol. The first kappa shape index (κ1) is 10.6. The number of ether oxygens (including phenoxy) is 1. The number of nitrogens with zero attached hydrogens (tertiary/aromatic N) is 3. The van der Waals surface area contributed by atoms with E-state index in [-0.39, 0.29) is 0 Å². The first-order valence-corrected chi connectivity index (χ1v) is 5.85. The summed E-state index contributed by atoms with van der Waals surface area (Å²) in [6, 6.07) is 3.81. The monoisotopic (exact) mass is 232 g/mol. The molecule has 3 rings (SSSR count). The minimum atomic E-state index is 0.723. The molecule has 2 aromatic rings. The van der Waals surface area contributed by atoms with Gasteiger partial charge in [-0.15, -0.1) is 0 Å². The Kier molecular flexibility index (Phi) is 2.70. The van der Waals surface area contributed by atoms with E-state index < -0.39 is 0 Å². The predicted molar refractivity (Wildman–Crippen MR) is 65.7 cm³/mol. The van der Waals surface area contributed by atoms with Crippen LogP contribution < -0.4 is 5.73 Å². The van der Waals surface area contributed by atoms with E-state index in [4.69, 9.17) is 10.5 Å². The van der Waals surface area contributed by atoms with Crippen molar-refractivity contribution in [2.24, 2.45) is 0 Å². The van der Waals surface area contributed by atoms with Gasteiger partial charge >= 0.3 is 0 Å². The number of pyridine rings is 1. The second kappa shape index (κ2) is 4.35. The van der Waals surface area contributed by atoms with Crippen molar-refractivity contribution in [3.8, 4) is 0 Å². The van der Waals surface area contributed by atoms with Crippen LogP contribution in [0.1, 0.15) is 5.69 Å². The summed E-state index contributed by atoms with van der Waals surface area (Å²) in [4.78, 5) is 6.91. The summed E-state index contributed by atoms with van der Waals surface area (Å²) in [6.45, 7) is 4.45. The van der Waals surface area contributed by atoms with Crippen molar-refractivity contribution in [3.05, 3.63) is 30.2 Å². The van der Waals surface area contributed by atoms with Crippen molar-refractivity contribution >= 4 is 11.3 Å². The van der Waals surface area contributed by atoms with Gasteiger partial charge in [0, 0.05) is 32.0 Å². The molecule has 0 spiro atoms. The van der Waals surface area contributed by atoms with Crippen LogP contribution in [0.25, 0.3) is 5.65 Å². The van der Waals surface area contributed by atoms with Crippen molar-refractivity contribution in [3.63, 3.8) is 0 Å². The van der Waals surface area contributed by atoms with Crippen molar-refractivity contribution in [1.82, 2.24) is 14.3 Å². The number of fused-ring (bicyclic) bond motifs is 1. The lowest BCUT2D eigenvalue weighted by atomic mass is 10.3. The molecule has 0 unspecified atom stereocenters. The van der Waals surface area contributed by atoms with E-state index in [1.54, 1.807) is 0 Å². The molecule has 3 heterocycles. The number of morpholine rings is 1. The molecule has 1 aliphatic heterocycles. The lowest BCUT2D eigenvalue weighted by Crippen LogP contribution is -2.35. The van der Waals surface area contributed by atoms with E-state index in [2.05, 4.69) is 9.88 Å². The molecule has 1 saturated heterocycles. The fraction of sp³-hybridized carbons (Fsp3) is 0.417. The van der Waals surface area contributed by atoms with Gasteiger partial charge in [-0.3, -0.25) is 4.90 Å². The molecule has 2 N–H and O–H groups in total. The first-order valence-electron chi connectivity index (χ1n) is 5.85. The zero-order valence-corrected chi connectivity index (χ0v) is 9.67. The summed E-state index contributed by atoms with van der Waals surface area (Å²) in [7, 11) is 0. The normalized spacial score (nSPS) is 17.6. The Balaban J connectivity index is 1.83. The summed E-state index contributed by atoms with van der Waals surface area (Å²) < 4.78 is 7.31. The van der Waals surface area contributed by atoms with E-state index in [0.717, 1.165) is 49.9 Å². The summed E-state index contributed by atoms with van der Waals surface area (Å²) in [6.07, 6.45) is 4.02. The van der Waals surface area contributed by atoms with Gasteiger partial charge in [-0.1, -0.05) is 0 Å². The molecule has 17 heavy (non-hydrogen) atoms. The maximum Gasteiger partial charge on any atom is 0.160 e. The Morgan fingerprint density at radius 2 is 2.18 bits per heavy atom. The number of hydrogen-bond acceptors (Lipinski definition) is 4. The van der Waals surface area contributed by atoms with Gasteiger partial charge in [0.1, 0.15) is 0 Å². The van der Waals surface area contributed by atoms with Gasteiger partial charge in [0.2, 0.25) is 0 Å². The third kappa shape index (κ3) is 2.11. The second-order valence-electron chi connectivity index (χ2n) is 4.32. The Bertz CT molecular complexity index is 516. The maximum atomic E-state index is 5.89. The molecule has 0 aromatic carbocycles. The van der Waals surface area contributed by atoms with Gasteiger partial charge in [-0.25, -0.2) is 4.98 Å². The van der Waals surface area contributed by atoms with Gasteiger partial charge in [-0.05, 0) is 12.1 Å². The van der Waals surface area contributed by atoms with E-state index >= 15 is 0 Å². The fourth-order valence-electron chi connectivity index (χ4n) is 2.15. The van der Waals surface area contributed by atoms with Crippen molar-refractivity contribution in [2.45, 2.75) is 6.54 Å². The minimum Gasteiger partial charge on any atom is -0.396 e. The standard InChI is InChI=1S/C12H16N4O/c13-11-2-1-3-16-9-10(14-12(11)16)8-15-4-6-17-7-5-15/h1-3,9H,4-8,13H2.